The van der Waals surface area contributed by atoms with Crippen molar-refractivity contribution in [2.45, 2.75) is 61.8 Å². The molecule has 2 N–H and O–H groups in total. The molecule has 1 unspecified atom stereocenters. The van der Waals surface area contributed by atoms with Gasteiger partial charge < -0.3 is 15.2 Å². The Labute approximate surface area is 246 Å². The number of imide groups is 1. The summed E-state index contributed by atoms with van der Waals surface area (Å²) in [4.78, 5) is 35.5. The number of benzene rings is 1. The van der Waals surface area contributed by atoms with Crippen LogP contribution in [-0.2, 0) is 28.9 Å². The van der Waals surface area contributed by atoms with Gasteiger partial charge in [0.05, 0.1) is 17.3 Å². The first-order valence-electron chi connectivity index (χ1n) is 12.8. The third-order valence-electron chi connectivity index (χ3n) is 6.95. The van der Waals surface area contributed by atoms with Gasteiger partial charge in [0.25, 0.3) is 11.5 Å². The lowest BCUT2D eigenvalue weighted by Gasteiger charge is -2.33. The topological polar surface area (TPSA) is 105 Å². The van der Waals surface area contributed by atoms with Gasteiger partial charge in [-0.3, -0.25) is 14.7 Å². The Kier molecular flexibility index (Phi) is 8.71. The predicted octanol–water partition coefficient (Wildman–Crippen LogP) is 6.22. The number of carbonyl (C=O) groups excluding carboxylic acids is 2. The van der Waals surface area contributed by atoms with Crippen molar-refractivity contribution in [3.63, 3.8) is 0 Å². The standard InChI is InChI=1S/C28H26F6N4O4S/c1-4-5-16-12-17(26(41,27(29,30)31)28(32,33)34)6-8-21(16)42-20-10-11-35-19(13-20)15-38-23(39)25(2,37-24(38)40)18-7-9-22(43-3)36-14-18/h6-14,41H,4-5,15H2,1-3H3,(H,37,40). The normalized spacial score (nSPS) is 17.8. The number of thioether (sulfide) groups is 1. The van der Waals surface area contributed by atoms with Crippen LogP contribution in [0, 0.1) is 0 Å². The summed E-state index contributed by atoms with van der Waals surface area (Å²) in [6, 6.07) is 7.57. The average Bonchev–Trinajstić information content (AvgIpc) is 3.16. The van der Waals surface area contributed by atoms with E-state index in [1.165, 1.54) is 36.3 Å². The van der Waals surface area contributed by atoms with Crippen LogP contribution in [0.3, 0.4) is 0 Å². The summed E-state index contributed by atoms with van der Waals surface area (Å²) >= 11 is 1.42. The Bertz CT molecular complexity index is 1500. The lowest BCUT2D eigenvalue weighted by Crippen LogP contribution is -2.53. The molecule has 3 heterocycles. The summed E-state index contributed by atoms with van der Waals surface area (Å²) in [5.41, 5.74) is -7.14. The molecule has 4 rings (SSSR count). The third kappa shape index (κ3) is 6.00. The van der Waals surface area contributed by atoms with Crippen molar-refractivity contribution in [2.24, 2.45) is 0 Å². The van der Waals surface area contributed by atoms with Gasteiger partial charge in [0.1, 0.15) is 17.0 Å². The molecule has 0 aliphatic carbocycles. The number of alkyl halides is 6. The largest absolute Gasteiger partial charge is 0.457 e. The number of nitrogens with zero attached hydrogens (tertiary/aromatic N) is 3. The minimum absolute atomic E-state index is 0.00347. The van der Waals surface area contributed by atoms with E-state index in [0.29, 0.717) is 24.1 Å². The van der Waals surface area contributed by atoms with Gasteiger partial charge in [-0.2, -0.15) is 26.3 Å². The summed E-state index contributed by atoms with van der Waals surface area (Å²) < 4.78 is 86.3. The van der Waals surface area contributed by atoms with E-state index in [1.54, 1.807) is 26.0 Å². The lowest BCUT2D eigenvalue weighted by atomic mass is 9.90. The molecule has 1 aliphatic rings. The number of aromatic nitrogens is 2. The van der Waals surface area contributed by atoms with Gasteiger partial charge in [-0.05, 0) is 49.4 Å². The molecule has 1 aromatic carbocycles. The summed E-state index contributed by atoms with van der Waals surface area (Å²) in [6.45, 7) is 2.96. The number of pyridine rings is 2. The molecule has 0 saturated carbocycles. The van der Waals surface area contributed by atoms with Crippen LogP contribution in [0.5, 0.6) is 11.5 Å². The number of rotatable bonds is 9. The van der Waals surface area contributed by atoms with E-state index in [4.69, 9.17) is 4.74 Å². The van der Waals surface area contributed by atoms with Crippen molar-refractivity contribution in [1.29, 1.82) is 0 Å². The fraction of sp³-hybridized carbons (Fsp3) is 0.357. The first-order chi connectivity index (χ1) is 20.0. The molecule has 1 fully saturated rings. The zero-order valence-corrected chi connectivity index (χ0v) is 23.8. The third-order valence-corrected chi connectivity index (χ3v) is 7.61. The van der Waals surface area contributed by atoms with Crippen LogP contribution in [-0.4, -0.2) is 50.5 Å². The number of nitrogens with one attached hydrogen (secondary N) is 1. The number of ether oxygens (including phenoxy) is 1. The number of aryl methyl sites for hydroxylation is 1. The van der Waals surface area contributed by atoms with Crippen LogP contribution in [0.4, 0.5) is 31.1 Å². The molecule has 3 aromatic rings. The Morgan fingerprint density at radius 2 is 1.72 bits per heavy atom. The maximum Gasteiger partial charge on any atom is 0.430 e. The number of halogens is 6. The van der Waals surface area contributed by atoms with E-state index in [2.05, 4.69) is 15.3 Å². The van der Waals surface area contributed by atoms with E-state index in [0.717, 1.165) is 16.0 Å². The second-order valence-corrected chi connectivity index (χ2v) is 10.7. The predicted molar refractivity (Wildman–Crippen MR) is 143 cm³/mol. The summed E-state index contributed by atoms with van der Waals surface area (Å²) in [6.07, 6.45) is -7.00. The number of aliphatic hydroxyl groups is 1. The SMILES string of the molecule is CCCc1cc(C(O)(C(F)(F)F)C(F)(F)F)ccc1Oc1ccnc(CN2C(=O)NC(C)(c3ccc(SC)nc3)C2=O)c1. The monoisotopic (exact) mass is 628 g/mol. The highest BCUT2D eigenvalue weighted by molar-refractivity contribution is 7.98. The Morgan fingerprint density at radius 3 is 2.30 bits per heavy atom. The molecule has 0 spiro atoms. The quantitative estimate of drug-likeness (QED) is 0.165. The summed E-state index contributed by atoms with van der Waals surface area (Å²) in [5, 5.41) is 13.2. The van der Waals surface area contributed by atoms with Crippen LogP contribution in [0.1, 0.15) is 42.7 Å². The van der Waals surface area contributed by atoms with Crippen molar-refractivity contribution in [1.82, 2.24) is 20.2 Å². The van der Waals surface area contributed by atoms with E-state index in [1.807, 2.05) is 6.26 Å². The Balaban J connectivity index is 1.58. The van der Waals surface area contributed by atoms with Crippen LogP contribution < -0.4 is 10.1 Å². The second-order valence-electron chi connectivity index (χ2n) is 9.90. The van der Waals surface area contributed by atoms with Gasteiger partial charge >= 0.3 is 18.4 Å². The zero-order chi connectivity index (χ0) is 31.8. The Morgan fingerprint density at radius 1 is 1.02 bits per heavy atom. The molecule has 1 saturated heterocycles. The molecule has 3 amide bonds. The Hall–Kier alpha value is -3.85. The van der Waals surface area contributed by atoms with Crippen molar-refractivity contribution >= 4 is 23.7 Å². The van der Waals surface area contributed by atoms with Gasteiger partial charge in [-0.15, -0.1) is 11.8 Å². The molecule has 0 bridgehead atoms. The minimum Gasteiger partial charge on any atom is -0.457 e. The highest BCUT2D eigenvalue weighted by Gasteiger charge is 2.71. The molecule has 1 atom stereocenters. The molecule has 8 nitrogen and oxygen atoms in total. The highest BCUT2D eigenvalue weighted by atomic mass is 32.2. The molecule has 0 radical (unpaired) electrons. The van der Waals surface area contributed by atoms with Gasteiger partial charge in [-0.25, -0.2) is 9.78 Å². The maximum atomic E-state index is 13.4. The fourth-order valence-electron chi connectivity index (χ4n) is 4.58. The molecule has 230 valence electrons. The highest BCUT2D eigenvalue weighted by Crippen LogP contribution is 2.50. The maximum absolute atomic E-state index is 13.4. The number of hydrogen-bond acceptors (Lipinski definition) is 7. The molecular formula is C28H26F6N4O4S. The number of amides is 3. The zero-order valence-electron chi connectivity index (χ0n) is 23.0. The number of carbonyl (C=O) groups is 2. The summed E-state index contributed by atoms with van der Waals surface area (Å²) in [7, 11) is 0. The smallest absolute Gasteiger partial charge is 0.430 e. The molecule has 2 aromatic heterocycles. The number of urea groups is 1. The fourth-order valence-corrected chi connectivity index (χ4v) is 4.95. The van der Waals surface area contributed by atoms with Crippen LogP contribution in [0.15, 0.2) is 59.9 Å². The van der Waals surface area contributed by atoms with Crippen molar-refractivity contribution in [3.05, 3.63) is 77.2 Å². The van der Waals surface area contributed by atoms with Gasteiger partial charge in [0.2, 0.25) is 0 Å². The minimum atomic E-state index is -6.03. The first kappa shape index (κ1) is 32.1. The summed E-state index contributed by atoms with van der Waals surface area (Å²) in [5.74, 6) is -0.492. The first-order valence-corrected chi connectivity index (χ1v) is 14.0. The lowest BCUT2D eigenvalue weighted by molar-refractivity contribution is -0.376. The van der Waals surface area contributed by atoms with Gasteiger partial charge in [0, 0.05) is 29.6 Å². The average molecular weight is 629 g/mol. The van der Waals surface area contributed by atoms with E-state index in [9.17, 15) is 41.0 Å². The molecule has 43 heavy (non-hydrogen) atoms. The molecule has 15 heteroatoms. The van der Waals surface area contributed by atoms with Crippen LogP contribution in [0.2, 0.25) is 0 Å². The molecule has 1 aliphatic heterocycles. The number of hydrogen-bond donors (Lipinski definition) is 2. The second kappa shape index (κ2) is 11.7. The van der Waals surface area contributed by atoms with Crippen molar-refractivity contribution in [2.75, 3.05) is 6.26 Å². The van der Waals surface area contributed by atoms with E-state index in [-0.39, 0.29) is 35.7 Å². The van der Waals surface area contributed by atoms with Crippen LogP contribution in [0.25, 0.3) is 0 Å². The van der Waals surface area contributed by atoms with Crippen LogP contribution >= 0.6 is 11.8 Å². The van der Waals surface area contributed by atoms with E-state index < -0.39 is 41.0 Å². The van der Waals surface area contributed by atoms with Crippen molar-refractivity contribution in [3.8, 4) is 11.5 Å². The van der Waals surface area contributed by atoms with Gasteiger partial charge in [0.15, 0.2) is 0 Å². The molecular weight excluding hydrogens is 602 g/mol. The van der Waals surface area contributed by atoms with Gasteiger partial charge in [-0.1, -0.05) is 25.5 Å². The van der Waals surface area contributed by atoms with Crippen molar-refractivity contribution < 1.29 is 45.8 Å². The van der Waals surface area contributed by atoms with E-state index >= 15 is 0 Å².